The van der Waals surface area contributed by atoms with Gasteiger partial charge in [-0.15, -0.1) is 0 Å². The van der Waals surface area contributed by atoms with Gasteiger partial charge in [0.1, 0.15) is 12.2 Å². The summed E-state index contributed by atoms with van der Waals surface area (Å²) in [6.07, 6.45) is 42.6. The van der Waals surface area contributed by atoms with Gasteiger partial charge in [0.15, 0.2) is 0 Å². The predicted octanol–water partition coefficient (Wildman–Crippen LogP) is 15.5. The van der Waals surface area contributed by atoms with Crippen LogP contribution in [0.1, 0.15) is 266 Å². The molecule has 0 aromatic rings. The number of hydrogen-bond donors (Lipinski definition) is 1. The number of nitrogens with zero attached hydrogens (tertiary/aromatic N) is 1. The number of carbonyl (C=O) groups excluding carboxylic acids is 2. The topological polar surface area (TPSA) is 67.9 Å². The molecule has 0 radical (unpaired) electrons. The molecule has 0 bridgehead atoms. The van der Waals surface area contributed by atoms with Crippen LogP contribution in [-0.2, 0) is 19.1 Å². The highest BCUT2D eigenvalue weighted by molar-refractivity contribution is 7.97. The molecule has 0 saturated carbocycles. The molecule has 0 rings (SSSR count). The summed E-state index contributed by atoms with van der Waals surface area (Å²) in [6, 6.07) is 0. The molecule has 0 spiro atoms. The van der Waals surface area contributed by atoms with E-state index < -0.39 is 0 Å². The minimum Gasteiger partial charge on any atom is -0.462 e. The molecule has 0 aromatic heterocycles. The van der Waals surface area contributed by atoms with Crippen LogP contribution in [0.5, 0.6) is 0 Å². The first kappa shape index (κ1) is 56.2. The van der Waals surface area contributed by atoms with Gasteiger partial charge in [0.05, 0.1) is 0 Å². The summed E-state index contributed by atoms with van der Waals surface area (Å²) in [7, 11) is 0. The Kier molecular flexibility index (Phi) is 45.6. The van der Waals surface area contributed by atoms with Crippen molar-refractivity contribution >= 4 is 23.9 Å². The van der Waals surface area contributed by atoms with Crippen LogP contribution in [-0.4, -0.2) is 61.0 Å². The molecule has 1 atom stereocenters. The highest BCUT2D eigenvalue weighted by Gasteiger charge is 2.15. The van der Waals surface area contributed by atoms with E-state index in [1.807, 2.05) is 11.9 Å². The van der Waals surface area contributed by atoms with Gasteiger partial charge in [0.2, 0.25) is 0 Å². The molecule has 57 heavy (non-hydrogen) atoms. The van der Waals surface area contributed by atoms with Gasteiger partial charge >= 0.3 is 11.9 Å². The highest BCUT2D eigenvalue weighted by Crippen LogP contribution is 2.19. The second-order valence-electron chi connectivity index (χ2n) is 17.3. The van der Waals surface area contributed by atoms with E-state index in [2.05, 4.69) is 44.2 Å². The van der Waals surface area contributed by atoms with Crippen LogP contribution < -0.4 is 4.72 Å². The first-order chi connectivity index (χ1) is 28.0. The zero-order valence-electron chi connectivity index (χ0n) is 39.1. The Morgan fingerprint density at radius 3 is 1.25 bits per heavy atom. The smallest absolute Gasteiger partial charge is 0.306 e. The van der Waals surface area contributed by atoms with Crippen LogP contribution in [0, 0.1) is 0 Å². The van der Waals surface area contributed by atoms with E-state index in [1.165, 1.54) is 186 Å². The third kappa shape index (κ3) is 41.7. The second kappa shape index (κ2) is 46.3. The van der Waals surface area contributed by atoms with Gasteiger partial charge in [-0.2, -0.15) is 0 Å². The van der Waals surface area contributed by atoms with Crippen molar-refractivity contribution in [1.82, 2.24) is 9.62 Å². The normalized spacial score (nSPS) is 12.2. The molecule has 0 amide bonds. The Labute approximate surface area is 361 Å². The maximum absolute atomic E-state index is 12.8. The van der Waals surface area contributed by atoms with Gasteiger partial charge in [-0.3, -0.25) is 14.3 Å². The zero-order chi connectivity index (χ0) is 41.7. The molecule has 0 saturated heterocycles. The zero-order valence-corrected chi connectivity index (χ0v) is 40.0. The lowest BCUT2D eigenvalue weighted by atomic mass is 10.0. The summed E-state index contributed by atoms with van der Waals surface area (Å²) in [5, 5.41) is 0. The molecule has 0 aliphatic heterocycles. The maximum atomic E-state index is 12.8. The Morgan fingerprint density at radius 2 is 0.807 bits per heavy atom. The fourth-order valence-electron chi connectivity index (χ4n) is 7.78. The number of esters is 2. The lowest BCUT2D eigenvalue weighted by Crippen LogP contribution is -2.29. The van der Waals surface area contributed by atoms with Crippen LogP contribution in [0.25, 0.3) is 0 Å². The first-order valence-electron chi connectivity index (χ1n) is 25.5. The fourth-order valence-corrected chi connectivity index (χ4v) is 8.42. The van der Waals surface area contributed by atoms with Crippen LogP contribution in [0.3, 0.4) is 0 Å². The van der Waals surface area contributed by atoms with Crippen molar-refractivity contribution in [2.24, 2.45) is 0 Å². The van der Waals surface area contributed by atoms with Crippen molar-refractivity contribution in [3.05, 3.63) is 0 Å². The molecule has 6 nitrogen and oxygen atoms in total. The number of hydrogen-bond acceptors (Lipinski definition) is 7. The van der Waals surface area contributed by atoms with Crippen LogP contribution >= 0.6 is 11.9 Å². The number of nitrogens with one attached hydrogen (secondary N) is 1. The molecular weight excluding hydrogens is 725 g/mol. The van der Waals surface area contributed by atoms with E-state index in [4.69, 9.17) is 9.47 Å². The van der Waals surface area contributed by atoms with Crippen LogP contribution in [0.2, 0.25) is 0 Å². The summed E-state index contributed by atoms with van der Waals surface area (Å²) in [5.74, 6) is 1.23. The van der Waals surface area contributed by atoms with E-state index >= 15 is 0 Å². The van der Waals surface area contributed by atoms with Gasteiger partial charge in [0.25, 0.3) is 0 Å². The van der Waals surface area contributed by atoms with Gasteiger partial charge in [-0.1, -0.05) is 181 Å². The molecule has 0 fully saturated rings. The molecular formula is C50H100N2O4S. The number of unbranched alkanes of at least 4 members (excludes halogenated alkanes) is 23. The summed E-state index contributed by atoms with van der Waals surface area (Å²) in [4.78, 5) is 28.0. The number of rotatable bonds is 47. The standard InChI is InChI=1S/C50H100N2O4S/c1-6-11-14-17-22-29-37-47(10-5)55-49(53)40-32-25-20-27-34-43-52(45-36-42-51-57-46-9-4)44-35-28-21-26-33-41-50(54)56-48(38-30-23-18-15-12-7-2)39-31-24-19-16-13-8-3/h47-48,51H,6-46H2,1-5H3. The van der Waals surface area contributed by atoms with Gasteiger partial charge in [0, 0.05) is 25.1 Å². The minimum absolute atomic E-state index is 0.0101. The lowest BCUT2D eigenvalue weighted by Gasteiger charge is -2.22. The van der Waals surface area contributed by atoms with E-state index in [0.717, 1.165) is 64.5 Å². The SMILES string of the molecule is CCCCCCCCC(CC)OC(=O)CCCCCCCN(CCCCCCCC(=O)OC(CCCCCCCC)CCCCCCCC)CCCNSCCC. The van der Waals surface area contributed by atoms with Gasteiger partial charge < -0.3 is 14.4 Å². The van der Waals surface area contributed by atoms with E-state index in [9.17, 15) is 9.59 Å². The molecule has 1 N–H and O–H groups in total. The quantitative estimate of drug-likeness (QED) is 0.0372. The maximum Gasteiger partial charge on any atom is 0.306 e. The summed E-state index contributed by atoms with van der Waals surface area (Å²) < 4.78 is 15.4. The molecule has 0 heterocycles. The van der Waals surface area contributed by atoms with Crippen molar-refractivity contribution in [1.29, 1.82) is 0 Å². The number of carbonyl (C=O) groups is 2. The molecule has 0 aliphatic carbocycles. The average molecular weight is 825 g/mol. The molecule has 0 aromatic carbocycles. The van der Waals surface area contributed by atoms with Gasteiger partial charge in [-0.25, -0.2) is 0 Å². The van der Waals surface area contributed by atoms with E-state index in [-0.39, 0.29) is 24.1 Å². The highest BCUT2D eigenvalue weighted by atomic mass is 32.2. The van der Waals surface area contributed by atoms with E-state index in [0.29, 0.717) is 12.8 Å². The second-order valence-corrected chi connectivity index (χ2v) is 18.3. The average Bonchev–Trinajstić information content (AvgIpc) is 3.21. The molecule has 7 heteroatoms. The van der Waals surface area contributed by atoms with Crippen LogP contribution in [0.15, 0.2) is 0 Å². The minimum atomic E-state index is 0.0101. The Balaban J connectivity index is 4.36. The monoisotopic (exact) mass is 825 g/mol. The van der Waals surface area contributed by atoms with Crippen molar-refractivity contribution in [3.8, 4) is 0 Å². The predicted molar refractivity (Wildman–Crippen MR) is 251 cm³/mol. The van der Waals surface area contributed by atoms with Crippen molar-refractivity contribution < 1.29 is 19.1 Å². The summed E-state index contributed by atoms with van der Waals surface area (Å²) >= 11 is 1.86. The molecule has 1 unspecified atom stereocenters. The number of ether oxygens (including phenoxy) is 2. The first-order valence-corrected chi connectivity index (χ1v) is 26.4. The lowest BCUT2D eigenvalue weighted by molar-refractivity contribution is -0.150. The van der Waals surface area contributed by atoms with Crippen molar-refractivity contribution in [2.45, 2.75) is 278 Å². The Bertz CT molecular complexity index is 814. The van der Waals surface area contributed by atoms with Crippen molar-refractivity contribution in [3.63, 3.8) is 0 Å². The third-order valence-corrected chi connectivity index (χ3v) is 12.6. The Morgan fingerprint density at radius 1 is 0.439 bits per heavy atom. The largest absolute Gasteiger partial charge is 0.462 e. The fraction of sp³-hybridized carbons (Fsp3) is 0.960. The van der Waals surface area contributed by atoms with Crippen LogP contribution in [0.4, 0.5) is 0 Å². The molecule has 340 valence electrons. The van der Waals surface area contributed by atoms with E-state index in [1.54, 1.807) is 0 Å². The summed E-state index contributed by atoms with van der Waals surface area (Å²) in [6.45, 7) is 15.8. The van der Waals surface area contributed by atoms with Crippen molar-refractivity contribution in [2.75, 3.05) is 31.9 Å². The van der Waals surface area contributed by atoms with Gasteiger partial charge in [-0.05, 0) is 103 Å². The third-order valence-electron chi connectivity index (χ3n) is 11.6. The molecule has 0 aliphatic rings. The Hall–Kier alpha value is -0.790. The summed E-state index contributed by atoms with van der Waals surface area (Å²) in [5.41, 5.74) is 0.